The van der Waals surface area contributed by atoms with E-state index < -0.39 is 10.0 Å². The molecule has 1 aliphatic carbocycles. The summed E-state index contributed by atoms with van der Waals surface area (Å²) < 4.78 is 25.9. The van der Waals surface area contributed by atoms with Gasteiger partial charge in [0.25, 0.3) is 0 Å². The van der Waals surface area contributed by atoms with Crippen molar-refractivity contribution in [2.45, 2.75) is 39.0 Å². The van der Waals surface area contributed by atoms with Gasteiger partial charge in [-0.15, -0.1) is 0 Å². The molecule has 0 amide bonds. The lowest BCUT2D eigenvalue weighted by Gasteiger charge is -2.21. The summed E-state index contributed by atoms with van der Waals surface area (Å²) in [7, 11) is -3.09. The van der Waals surface area contributed by atoms with Gasteiger partial charge >= 0.3 is 0 Å². The normalized spacial score (nSPS) is 19.0. The molecule has 0 aromatic heterocycles. The van der Waals surface area contributed by atoms with Crippen LogP contribution in [-0.2, 0) is 10.0 Å². The van der Waals surface area contributed by atoms with Gasteiger partial charge in [0.1, 0.15) is 0 Å². The highest BCUT2D eigenvalue weighted by Crippen LogP contribution is 2.24. The van der Waals surface area contributed by atoms with E-state index in [4.69, 9.17) is 0 Å². The van der Waals surface area contributed by atoms with Crippen LogP contribution in [0.5, 0.6) is 0 Å². The maximum Gasteiger partial charge on any atom is 0.212 e. The number of sulfonamides is 1. The third-order valence-corrected chi connectivity index (χ3v) is 4.27. The smallest absolute Gasteiger partial charge is 0.212 e. The van der Waals surface area contributed by atoms with Crippen LogP contribution in [0.25, 0.3) is 0 Å². The van der Waals surface area contributed by atoms with E-state index in [1.54, 1.807) is 0 Å². The molecule has 88 valence electrons. The average Bonchev–Trinajstić information content (AvgIpc) is 2.16. The van der Waals surface area contributed by atoms with Crippen molar-refractivity contribution >= 4 is 10.0 Å². The molecule has 0 aliphatic heterocycles. The Hall–Kier alpha value is -0.350. The topological polar surface area (TPSA) is 46.2 Å². The summed E-state index contributed by atoms with van der Waals surface area (Å²) in [4.78, 5) is 0. The zero-order valence-corrected chi connectivity index (χ0v) is 10.3. The summed E-state index contributed by atoms with van der Waals surface area (Å²) in [5.41, 5.74) is 0.849. The van der Waals surface area contributed by atoms with Crippen molar-refractivity contribution in [3.8, 4) is 0 Å². The van der Waals surface area contributed by atoms with Crippen LogP contribution in [0.4, 0.5) is 0 Å². The van der Waals surface area contributed by atoms with E-state index in [1.165, 1.54) is 19.3 Å². The molecule has 1 saturated carbocycles. The van der Waals surface area contributed by atoms with E-state index in [2.05, 4.69) is 11.3 Å². The van der Waals surface area contributed by atoms with Crippen LogP contribution in [0.1, 0.15) is 39.0 Å². The molecule has 0 atom stereocenters. The molecule has 1 rings (SSSR count). The largest absolute Gasteiger partial charge is 0.212 e. The summed E-state index contributed by atoms with van der Waals surface area (Å²) in [6.07, 6.45) is 5.75. The van der Waals surface area contributed by atoms with Gasteiger partial charge in [0, 0.05) is 6.54 Å². The Morgan fingerprint density at radius 1 is 1.33 bits per heavy atom. The predicted octanol–water partition coefficient (Wildman–Crippen LogP) is 2.06. The van der Waals surface area contributed by atoms with Gasteiger partial charge < -0.3 is 0 Å². The number of rotatable bonds is 5. The first-order chi connectivity index (χ1) is 6.99. The van der Waals surface area contributed by atoms with E-state index in [-0.39, 0.29) is 0 Å². The van der Waals surface area contributed by atoms with Crippen molar-refractivity contribution in [1.29, 1.82) is 0 Å². The minimum atomic E-state index is -3.09. The second kappa shape index (κ2) is 5.66. The average molecular weight is 231 g/mol. The monoisotopic (exact) mass is 231 g/mol. The first-order valence-corrected chi connectivity index (χ1v) is 7.26. The highest BCUT2D eigenvalue weighted by molar-refractivity contribution is 7.89. The molecule has 0 heterocycles. The molecule has 1 N–H and O–H groups in total. The molecule has 1 fully saturated rings. The van der Waals surface area contributed by atoms with E-state index in [0.29, 0.717) is 18.2 Å². The third kappa shape index (κ3) is 5.33. The second-order valence-corrected chi connectivity index (χ2v) is 6.42. The van der Waals surface area contributed by atoms with Crippen LogP contribution >= 0.6 is 0 Å². The van der Waals surface area contributed by atoms with Crippen LogP contribution in [-0.4, -0.2) is 20.7 Å². The maximum absolute atomic E-state index is 11.7. The van der Waals surface area contributed by atoms with Crippen molar-refractivity contribution in [2.24, 2.45) is 5.92 Å². The third-order valence-electron chi connectivity index (χ3n) is 2.77. The summed E-state index contributed by atoms with van der Waals surface area (Å²) in [5, 5.41) is 0. The minimum Gasteiger partial charge on any atom is -0.212 e. The van der Waals surface area contributed by atoms with E-state index in [9.17, 15) is 8.42 Å². The lowest BCUT2D eigenvalue weighted by Crippen LogP contribution is -2.31. The molecule has 0 aromatic carbocycles. The van der Waals surface area contributed by atoms with Crippen LogP contribution in [0.2, 0.25) is 0 Å². The van der Waals surface area contributed by atoms with Gasteiger partial charge in [-0.1, -0.05) is 31.4 Å². The fraction of sp³-hybridized carbons (Fsp3) is 0.818. The van der Waals surface area contributed by atoms with Crippen molar-refractivity contribution in [2.75, 3.05) is 12.3 Å². The number of nitrogens with one attached hydrogen (secondary N) is 1. The Balaban J connectivity index is 2.37. The molecule has 3 nitrogen and oxygen atoms in total. The Labute approximate surface area is 93.0 Å². The molecule has 0 unspecified atom stereocenters. The molecule has 0 radical (unpaired) electrons. The molecule has 4 heteroatoms. The van der Waals surface area contributed by atoms with Gasteiger partial charge in [-0.25, -0.2) is 13.1 Å². The Morgan fingerprint density at radius 2 is 1.93 bits per heavy atom. The molecule has 0 spiro atoms. The Kier molecular flexibility index (Phi) is 4.80. The van der Waals surface area contributed by atoms with Gasteiger partial charge in [0.15, 0.2) is 0 Å². The van der Waals surface area contributed by atoms with Crippen molar-refractivity contribution in [3.05, 3.63) is 12.2 Å². The van der Waals surface area contributed by atoms with Crippen LogP contribution in [0, 0.1) is 5.92 Å². The van der Waals surface area contributed by atoms with E-state index >= 15 is 0 Å². The van der Waals surface area contributed by atoms with Gasteiger partial charge in [-0.05, 0) is 25.7 Å². The highest BCUT2D eigenvalue weighted by atomic mass is 32.2. The van der Waals surface area contributed by atoms with Crippen molar-refractivity contribution < 1.29 is 8.42 Å². The zero-order chi connectivity index (χ0) is 11.3. The fourth-order valence-electron chi connectivity index (χ4n) is 1.96. The molecule has 0 saturated heterocycles. The van der Waals surface area contributed by atoms with Gasteiger partial charge in [-0.3, -0.25) is 0 Å². The van der Waals surface area contributed by atoms with Crippen LogP contribution < -0.4 is 4.72 Å². The molecular weight excluding hydrogens is 210 g/mol. The Morgan fingerprint density at radius 3 is 2.47 bits per heavy atom. The highest BCUT2D eigenvalue weighted by Gasteiger charge is 2.20. The Bertz CT molecular complexity index is 303. The first kappa shape index (κ1) is 12.7. The van der Waals surface area contributed by atoms with Gasteiger partial charge in [0.05, 0.1) is 5.75 Å². The quantitative estimate of drug-likeness (QED) is 0.736. The van der Waals surface area contributed by atoms with Gasteiger partial charge in [0.2, 0.25) is 10.0 Å². The minimum absolute atomic E-state index is 0.292. The second-order valence-electron chi connectivity index (χ2n) is 4.56. The summed E-state index contributed by atoms with van der Waals surface area (Å²) in [6, 6.07) is 0. The van der Waals surface area contributed by atoms with Crippen molar-refractivity contribution in [1.82, 2.24) is 4.72 Å². The molecule has 15 heavy (non-hydrogen) atoms. The molecule has 1 aliphatic rings. The summed E-state index contributed by atoms with van der Waals surface area (Å²) in [5.74, 6) is 0.654. The predicted molar refractivity (Wildman–Crippen MR) is 63.2 cm³/mol. The lowest BCUT2D eigenvalue weighted by atomic mass is 9.91. The van der Waals surface area contributed by atoms with E-state index in [0.717, 1.165) is 18.4 Å². The number of hydrogen-bond acceptors (Lipinski definition) is 2. The summed E-state index contributed by atoms with van der Waals surface area (Å²) in [6.45, 7) is 5.87. The number of hydrogen-bond donors (Lipinski definition) is 1. The first-order valence-electron chi connectivity index (χ1n) is 5.61. The fourth-order valence-corrected chi connectivity index (χ4v) is 3.49. The van der Waals surface area contributed by atoms with Crippen LogP contribution in [0.15, 0.2) is 12.2 Å². The van der Waals surface area contributed by atoms with Crippen molar-refractivity contribution in [3.63, 3.8) is 0 Å². The van der Waals surface area contributed by atoms with Gasteiger partial charge in [-0.2, -0.15) is 0 Å². The molecular formula is C11H21NO2S. The van der Waals surface area contributed by atoms with E-state index in [1.807, 2.05) is 6.92 Å². The summed E-state index contributed by atoms with van der Waals surface area (Å²) >= 11 is 0. The lowest BCUT2D eigenvalue weighted by molar-refractivity contribution is 0.384. The molecule has 0 aromatic rings. The zero-order valence-electron chi connectivity index (χ0n) is 9.46. The van der Waals surface area contributed by atoms with Crippen LogP contribution in [0.3, 0.4) is 0 Å². The molecule has 0 bridgehead atoms. The standard InChI is InChI=1S/C11H21NO2S/c1-10(2)8-12-15(13,14)9-11-6-4-3-5-7-11/h11-12H,1,3-9H2,2H3. The maximum atomic E-state index is 11.7. The SMILES string of the molecule is C=C(C)CNS(=O)(=O)CC1CCCCC1.